The number of likely N-dealkylation sites (tertiary alicyclic amines) is 1. The number of hydrogen-bond acceptors (Lipinski definition) is 6. The Bertz CT molecular complexity index is 1290. The molecule has 1 aliphatic carbocycles. The molecule has 1 amide bonds. The molecule has 9 nitrogen and oxygen atoms in total. The fourth-order valence-corrected chi connectivity index (χ4v) is 5.71. The number of piperidine rings is 1. The molecule has 1 saturated carbocycles. The Kier molecular flexibility index (Phi) is 6.54. The van der Waals surface area contributed by atoms with E-state index in [1.165, 1.54) is 6.42 Å². The maximum Gasteiger partial charge on any atom is 0.354 e. The number of carbonyl (C=O) groups excluding carboxylic acids is 1. The van der Waals surface area contributed by atoms with E-state index < -0.39 is 5.97 Å². The second-order valence-corrected chi connectivity index (χ2v) is 10.4. The Hall–Kier alpha value is -3.46. The number of carbonyl (C=O) groups is 2. The SMILES string of the molecule is O=C(O)c1cc(N2CCC(OCC(=O)N3CCCC3)CC2)c2c(C3CCC3)nn(-c3ccccc3)c2n1. The number of hydrogen-bond donors (Lipinski definition) is 1. The van der Waals surface area contributed by atoms with Gasteiger partial charge in [0.15, 0.2) is 11.3 Å². The molecule has 0 radical (unpaired) electrons. The van der Waals surface area contributed by atoms with Gasteiger partial charge in [0, 0.05) is 32.1 Å². The van der Waals surface area contributed by atoms with Crippen LogP contribution in [0.5, 0.6) is 0 Å². The molecule has 3 aliphatic rings. The number of anilines is 1. The quantitative estimate of drug-likeness (QED) is 0.520. The lowest BCUT2D eigenvalue weighted by Crippen LogP contribution is -2.39. The average molecular weight is 504 g/mol. The highest BCUT2D eigenvalue weighted by atomic mass is 16.5. The van der Waals surface area contributed by atoms with Crippen LogP contribution in [0.15, 0.2) is 36.4 Å². The first kappa shape index (κ1) is 23.9. The highest BCUT2D eigenvalue weighted by molar-refractivity contribution is 5.98. The van der Waals surface area contributed by atoms with Crippen LogP contribution in [0.3, 0.4) is 0 Å². The third-order valence-electron chi connectivity index (χ3n) is 8.04. The molecular weight excluding hydrogens is 470 g/mol. The summed E-state index contributed by atoms with van der Waals surface area (Å²) in [5.41, 5.74) is 3.39. The number of ether oxygens (including phenoxy) is 1. The Morgan fingerprint density at radius 2 is 1.70 bits per heavy atom. The molecule has 0 atom stereocenters. The van der Waals surface area contributed by atoms with Crippen LogP contribution < -0.4 is 4.90 Å². The van der Waals surface area contributed by atoms with Crippen molar-refractivity contribution < 1.29 is 19.4 Å². The number of fused-ring (bicyclic) bond motifs is 1. The standard InChI is InChI=1S/C28H33N5O4/c34-24(32-13-4-5-14-32)18-37-21-11-15-31(16-12-21)23-17-22(28(35)36)29-27-25(23)26(19-7-6-8-19)30-33(27)20-9-2-1-3-10-20/h1-3,9-10,17,19,21H,4-8,11-16,18H2,(H,35,36). The Balaban J connectivity index is 1.29. The van der Waals surface area contributed by atoms with E-state index in [4.69, 9.17) is 9.84 Å². The number of aromatic carboxylic acids is 1. The van der Waals surface area contributed by atoms with Gasteiger partial charge in [0.1, 0.15) is 6.61 Å². The van der Waals surface area contributed by atoms with Crippen LogP contribution in [0.2, 0.25) is 0 Å². The number of aromatic nitrogens is 3. The van der Waals surface area contributed by atoms with Crippen LogP contribution in [-0.2, 0) is 9.53 Å². The van der Waals surface area contributed by atoms with Gasteiger partial charge in [0.05, 0.1) is 28.6 Å². The Morgan fingerprint density at radius 1 is 0.973 bits per heavy atom. The summed E-state index contributed by atoms with van der Waals surface area (Å²) in [6, 6.07) is 11.5. The lowest BCUT2D eigenvalue weighted by Gasteiger charge is -2.34. The number of nitrogens with zero attached hydrogens (tertiary/aromatic N) is 5. The lowest BCUT2D eigenvalue weighted by atomic mass is 9.82. The Labute approximate surface area is 216 Å². The molecule has 194 valence electrons. The van der Waals surface area contributed by atoms with Gasteiger partial charge in [-0.3, -0.25) is 4.79 Å². The van der Waals surface area contributed by atoms with Crippen molar-refractivity contribution in [2.75, 3.05) is 37.7 Å². The van der Waals surface area contributed by atoms with E-state index in [2.05, 4.69) is 9.88 Å². The summed E-state index contributed by atoms with van der Waals surface area (Å²) in [5.74, 6) is -0.602. The summed E-state index contributed by atoms with van der Waals surface area (Å²) in [6.07, 6.45) is 7.09. The maximum absolute atomic E-state index is 12.4. The summed E-state index contributed by atoms with van der Waals surface area (Å²) in [4.78, 5) is 33.2. The number of rotatable bonds is 7. The van der Waals surface area contributed by atoms with E-state index in [0.29, 0.717) is 11.6 Å². The zero-order valence-electron chi connectivity index (χ0n) is 21.0. The van der Waals surface area contributed by atoms with Crippen LogP contribution in [0, 0.1) is 0 Å². The number of pyridine rings is 1. The molecule has 3 fully saturated rings. The van der Waals surface area contributed by atoms with Crippen LogP contribution in [0.1, 0.15) is 67.0 Å². The van der Waals surface area contributed by atoms with Crippen molar-refractivity contribution in [2.24, 2.45) is 0 Å². The van der Waals surface area contributed by atoms with Gasteiger partial charge in [-0.1, -0.05) is 24.6 Å². The first-order chi connectivity index (χ1) is 18.1. The molecule has 9 heteroatoms. The fraction of sp³-hybridized carbons (Fsp3) is 0.500. The van der Waals surface area contributed by atoms with Gasteiger partial charge in [-0.05, 0) is 56.7 Å². The summed E-state index contributed by atoms with van der Waals surface area (Å²) in [7, 11) is 0. The molecule has 2 aliphatic heterocycles. The number of amides is 1. The van der Waals surface area contributed by atoms with Crippen LogP contribution in [0.25, 0.3) is 16.7 Å². The topological polar surface area (TPSA) is 101 Å². The van der Waals surface area contributed by atoms with E-state index in [-0.39, 0.29) is 24.3 Å². The molecule has 37 heavy (non-hydrogen) atoms. The van der Waals surface area contributed by atoms with Crippen molar-refractivity contribution in [2.45, 2.75) is 57.0 Å². The summed E-state index contributed by atoms with van der Waals surface area (Å²) in [5, 5.41) is 15.9. The monoisotopic (exact) mass is 503 g/mol. The summed E-state index contributed by atoms with van der Waals surface area (Å²) < 4.78 is 7.80. The van der Waals surface area contributed by atoms with E-state index >= 15 is 0 Å². The van der Waals surface area contributed by atoms with Gasteiger partial charge < -0.3 is 19.6 Å². The van der Waals surface area contributed by atoms with E-state index in [9.17, 15) is 14.7 Å². The zero-order valence-corrected chi connectivity index (χ0v) is 21.0. The molecule has 3 aromatic rings. The Morgan fingerprint density at radius 3 is 2.35 bits per heavy atom. The van der Waals surface area contributed by atoms with E-state index in [1.54, 1.807) is 10.7 Å². The highest BCUT2D eigenvalue weighted by Crippen LogP contribution is 2.43. The third kappa shape index (κ3) is 4.68. The van der Waals surface area contributed by atoms with Crippen molar-refractivity contribution in [1.29, 1.82) is 0 Å². The largest absolute Gasteiger partial charge is 0.477 e. The third-order valence-corrected chi connectivity index (χ3v) is 8.04. The highest BCUT2D eigenvalue weighted by Gasteiger charge is 2.32. The molecule has 1 aromatic carbocycles. The number of carboxylic acids is 1. The van der Waals surface area contributed by atoms with Crippen molar-refractivity contribution >= 4 is 28.6 Å². The number of carboxylic acid groups (broad SMARTS) is 1. The minimum atomic E-state index is -1.05. The second-order valence-electron chi connectivity index (χ2n) is 10.4. The molecule has 2 saturated heterocycles. The first-order valence-corrected chi connectivity index (χ1v) is 13.4. The van der Waals surface area contributed by atoms with Crippen LogP contribution in [0.4, 0.5) is 5.69 Å². The van der Waals surface area contributed by atoms with Crippen molar-refractivity contribution in [3.05, 3.63) is 47.8 Å². The second kappa shape index (κ2) is 10.1. The molecule has 0 spiro atoms. The average Bonchev–Trinajstić information content (AvgIpc) is 3.56. The molecule has 0 bridgehead atoms. The minimum absolute atomic E-state index is 0.0225. The zero-order chi connectivity index (χ0) is 25.4. The molecular formula is C28H33N5O4. The summed E-state index contributed by atoms with van der Waals surface area (Å²) in [6.45, 7) is 3.26. The number of para-hydroxylation sites is 1. The fourth-order valence-electron chi connectivity index (χ4n) is 5.71. The number of benzene rings is 1. The van der Waals surface area contributed by atoms with E-state index in [1.807, 2.05) is 35.2 Å². The van der Waals surface area contributed by atoms with Crippen LogP contribution >= 0.6 is 0 Å². The van der Waals surface area contributed by atoms with Crippen LogP contribution in [-0.4, -0.2) is 75.5 Å². The molecule has 4 heterocycles. The molecule has 1 N–H and O–H groups in total. The maximum atomic E-state index is 12.4. The smallest absolute Gasteiger partial charge is 0.354 e. The normalized spacial score (nSPS) is 18.9. The van der Waals surface area contributed by atoms with E-state index in [0.717, 1.165) is 87.2 Å². The van der Waals surface area contributed by atoms with Crippen molar-refractivity contribution in [3.8, 4) is 5.69 Å². The molecule has 2 aromatic heterocycles. The first-order valence-electron chi connectivity index (χ1n) is 13.4. The predicted octanol–water partition coefficient (Wildman–Crippen LogP) is 3.99. The van der Waals surface area contributed by atoms with Gasteiger partial charge in [0.2, 0.25) is 5.91 Å². The van der Waals surface area contributed by atoms with Gasteiger partial charge in [0.25, 0.3) is 0 Å². The van der Waals surface area contributed by atoms with Gasteiger partial charge in [-0.25, -0.2) is 14.5 Å². The van der Waals surface area contributed by atoms with Gasteiger partial charge in [-0.2, -0.15) is 5.10 Å². The van der Waals surface area contributed by atoms with Crippen molar-refractivity contribution in [1.82, 2.24) is 19.7 Å². The molecule has 6 rings (SSSR count). The minimum Gasteiger partial charge on any atom is -0.477 e. The van der Waals surface area contributed by atoms with Crippen molar-refractivity contribution in [3.63, 3.8) is 0 Å². The molecule has 0 unspecified atom stereocenters. The van der Waals surface area contributed by atoms with Gasteiger partial charge >= 0.3 is 5.97 Å². The predicted molar refractivity (Wildman–Crippen MR) is 139 cm³/mol. The summed E-state index contributed by atoms with van der Waals surface area (Å²) >= 11 is 0. The lowest BCUT2D eigenvalue weighted by molar-refractivity contribution is -0.137. The van der Waals surface area contributed by atoms with Gasteiger partial charge in [-0.15, -0.1) is 0 Å².